The van der Waals surface area contributed by atoms with Crippen LogP contribution < -0.4 is 5.73 Å². The fraction of sp³-hybridized carbons (Fsp3) is 0.667. The highest BCUT2D eigenvalue weighted by molar-refractivity contribution is 7.09. The van der Waals surface area contributed by atoms with Gasteiger partial charge in [0.2, 0.25) is 0 Å². The Balaban J connectivity index is 2.49. The number of rotatable bonds is 4. The molecule has 0 aromatic carbocycles. The van der Waals surface area contributed by atoms with Crippen LogP contribution in [0.5, 0.6) is 0 Å². The second-order valence-electron chi connectivity index (χ2n) is 3.36. The summed E-state index contributed by atoms with van der Waals surface area (Å²) in [7, 11) is 2.08. The quantitative estimate of drug-likeness (QED) is 0.793. The van der Waals surface area contributed by atoms with Gasteiger partial charge in [0.05, 0.1) is 10.7 Å². The summed E-state index contributed by atoms with van der Waals surface area (Å²) in [4.78, 5) is 6.62. The van der Waals surface area contributed by atoms with Crippen LogP contribution in [0.4, 0.5) is 0 Å². The molecule has 0 aliphatic rings. The molecule has 0 bridgehead atoms. The lowest BCUT2D eigenvalue weighted by Crippen LogP contribution is -2.34. The minimum Gasteiger partial charge on any atom is -0.329 e. The minimum atomic E-state index is 0.419. The van der Waals surface area contributed by atoms with Crippen molar-refractivity contribution >= 4 is 11.3 Å². The summed E-state index contributed by atoms with van der Waals surface area (Å²) in [6.45, 7) is 5.74. The fourth-order valence-electron chi connectivity index (χ4n) is 1.07. The highest BCUT2D eigenvalue weighted by Gasteiger charge is 2.08. The number of nitrogens with two attached hydrogens (primary N) is 1. The molecule has 0 aliphatic carbocycles. The van der Waals surface area contributed by atoms with E-state index < -0.39 is 0 Å². The van der Waals surface area contributed by atoms with Crippen molar-refractivity contribution in [3.8, 4) is 0 Å². The summed E-state index contributed by atoms with van der Waals surface area (Å²) in [5.41, 5.74) is 6.72. The molecule has 13 heavy (non-hydrogen) atoms. The van der Waals surface area contributed by atoms with Crippen LogP contribution in [0.15, 0.2) is 5.38 Å². The molecule has 0 saturated heterocycles. The van der Waals surface area contributed by atoms with Crippen LogP contribution >= 0.6 is 11.3 Å². The molecule has 4 heteroatoms. The van der Waals surface area contributed by atoms with E-state index in [-0.39, 0.29) is 0 Å². The summed E-state index contributed by atoms with van der Waals surface area (Å²) < 4.78 is 0. The van der Waals surface area contributed by atoms with Gasteiger partial charge >= 0.3 is 0 Å². The van der Waals surface area contributed by atoms with Crippen LogP contribution in [0, 0.1) is 6.92 Å². The van der Waals surface area contributed by atoms with E-state index in [0.29, 0.717) is 12.6 Å². The molecule has 0 amide bonds. The maximum absolute atomic E-state index is 5.57. The van der Waals surface area contributed by atoms with Gasteiger partial charge in [-0.3, -0.25) is 4.90 Å². The van der Waals surface area contributed by atoms with Crippen molar-refractivity contribution < 1.29 is 0 Å². The second-order valence-corrected chi connectivity index (χ2v) is 4.42. The Hall–Kier alpha value is -0.450. The van der Waals surface area contributed by atoms with Crippen molar-refractivity contribution in [2.45, 2.75) is 26.4 Å². The molecule has 2 N–H and O–H groups in total. The molecule has 1 unspecified atom stereocenters. The Bertz CT molecular complexity index is 259. The summed E-state index contributed by atoms with van der Waals surface area (Å²) in [5, 5.41) is 3.23. The van der Waals surface area contributed by atoms with E-state index in [0.717, 1.165) is 17.2 Å². The van der Waals surface area contributed by atoms with Gasteiger partial charge in [0.25, 0.3) is 0 Å². The predicted octanol–water partition coefficient (Wildman–Crippen LogP) is 1.23. The molecule has 74 valence electrons. The second kappa shape index (κ2) is 4.69. The highest BCUT2D eigenvalue weighted by atomic mass is 32.1. The molecule has 1 rings (SSSR count). The molecule has 0 aliphatic heterocycles. The van der Waals surface area contributed by atoms with E-state index >= 15 is 0 Å². The molecule has 1 atom stereocenters. The fourth-order valence-corrected chi connectivity index (χ4v) is 1.68. The maximum atomic E-state index is 5.57. The Morgan fingerprint density at radius 2 is 2.38 bits per heavy atom. The number of hydrogen-bond acceptors (Lipinski definition) is 4. The summed E-state index contributed by atoms with van der Waals surface area (Å²) in [6.07, 6.45) is 0. The smallest absolute Gasteiger partial charge is 0.0897 e. The molecule has 0 saturated carbocycles. The Morgan fingerprint density at radius 3 is 2.85 bits per heavy atom. The number of hydrogen-bond donors (Lipinski definition) is 1. The van der Waals surface area contributed by atoms with Crippen molar-refractivity contribution in [3.63, 3.8) is 0 Å². The van der Waals surface area contributed by atoms with E-state index in [1.165, 1.54) is 0 Å². The monoisotopic (exact) mass is 199 g/mol. The Morgan fingerprint density at radius 1 is 1.69 bits per heavy atom. The Kier molecular flexibility index (Phi) is 3.84. The van der Waals surface area contributed by atoms with Gasteiger partial charge in [-0.15, -0.1) is 11.3 Å². The molecular weight excluding hydrogens is 182 g/mol. The lowest BCUT2D eigenvalue weighted by Gasteiger charge is -2.21. The zero-order valence-electron chi connectivity index (χ0n) is 8.45. The first-order valence-corrected chi connectivity index (χ1v) is 5.32. The third-order valence-corrected chi connectivity index (χ3v) is 2.99. The summed E-state index contributed by atoms with van der Waals surface area (Å²) in [6, 6.07) is 0.419. The van der Waals surface area contributed by atoms with Crippen molar-refractivity contribution in [2.75, 3.05) is 13.6 Å². The van der Waals surface area contributed by atoms with Gasteiger partial charge in [-0.25, -0.2) is 4.98 Å². The standard InChI is InChI=1S/C9H17N3S/c1-7(4-10)12(3)5-9-6-13-8(2)11-9/h6-7H,4-5,10H2,1-3H3. The van der Waals surface area contributed by atoms with Gasteiger partial charge in [-0.1, -0.05) is 0 Å². The number of nitrogens with zero attached hydrogens (tertiary/aromatic N) is 2. The van der Waals surface area contributed by atoms with Gasteiger partial charge in [0.15, 0.2) is 0 Å². The van der Waals surface area contributed by atoms with Crippen molar-refractivity contribution in [1.82, 2.24) is 9.88 Å². The lowest BCUT2D eigenvalue weighted by atomic mass is 10.3. The molecule has 0 fully saturated rings. The van der Waals surface area contributed by atoms with Crippen LogP contribution in [-0.2, 0) is 6.54 Å². The van der Waals surface area contributed by atoms with E-state index in [4.69, 9.17) is 5.73 Å². The normalized spacial score (nSPS) is 13.6. The average Bonchev–Trinajstić information content (AvgIpc) is 2.49. The third-order valence-electron chi connectivity index (χ3n) is 2.17. The number of likely N-dealkylation sites (N-methyl/N-ethyl adjacent to an activating group) is 1. The Labute approximate surface area is 83.6 Å². The zero-order valence-corrected chi connectivity index (χ0v) is 9.27. The maximum Gasteiger partial charge on any atom is 0.0897 e. The van der Waals surface area contributed by atoms with Crippen molar-refractivity contribution in [1.29, 1.82) is 0 Å². The van der Waals surface area contributed by atoms with E-state index in [1.54, 1.807) is 11.3 Å². The SMILES string of the molecule is Cc1nc(CN(C)C(C)CN)cs1. The van der Waals surface area contributed by atoms with Crippen LogP contribution in [0.3, 0.4) is 0 Å². The molecule has 3 nitrogen and oxygen atoms in total. The minimum absolute atomic E-state index is 0.419. The highest BCUT2D eigenvalue weighted by Crippen LogP contribution is 2.10. The number of thiazole rings is 1. The first kappa shape index (κ1) is 10.6. The molecule has 1 aromatic rings. The lowest BCUT2D eigenvalue weighted by molar-refractivity contribution is 0.252. The first-order chi connectivity index (χ1) is 6.13. The van der Waals surface area contributed by atoms with E-state index in [9.17, 15) is 0 Å². The molecular formula is C9H17N3S. The number of aryl methyl sites for hydroxylation is 1. The van der Waals surface area contributed by atoms with Gasteiger partial charge in [-0.05, 0) is 20.9 Å². The predicted molar refractivity (Wildman–Crippen MR) is 56.8 cm³/mol. The van der Waals surface area contributed by atoms with E-state index in [1.807, 2.05) is 6.92 Å². The van der Waals surface area contributed by atoms with Gasteiger partial charge < -0.3 is 5.73 Å². The van der Waals surface area contributed by atoms with Crippen LogP contribution in [0.25, 0.3) is 0 Å². The van der Waals surface area contributed by atoms with Crippen molar-refractivity contribution in [2.24, 2.45) is 5.73 Å². The van der Waals surface area contributed by atoms with Gasteiger partial charge in [0.1, 0.15) is 0 Å². The number of aromatic nitrogens is 1. The summed E-state index contributed by atoms with van der Waals surface area (Å²) in [5.74, 6) is 0. The molecule has 0 spiro atoms. The van der Waals surface area contributed by atoms with Gasteiger partial charge in [-0.2, -0.15) is 0 Å². The van der Waals surface area contributed by atoms with E-state index in [2.05, 4.69) is 29.2 Å². The molecule has 1 aromatic heterocycles. The molecule has 0 radical (unpaired) electrons. The van der Waals surface area contributed by atoms with Crippen LogP contribution in [0.1, 0.15) is 17.6 Å². The van der Waals surface area contributed by atoms with Crippen LogP contribution in [0.2, 0.25) is 0 Å². The van der Waals surface area contributed by atoms with Gasteiger partial charge in [0, 0.05) is 24.5 Å². The first-order valence-electron chi connectivity index (χ1n) is 4.44. The topological polar surface area (TPSA) is 42.2 Å². The van der Waals surface area contributed by atoms with Crippen molar-refractivity contribution in [3.05, 3.63) is 16.1 Å². The zero-order chi connectivity index (χ0) is 9.84. The molecule has 1 heterocycles. The summed E-state index contributed by atoms with van der Waals surface area (Å²) >= 11 is 1.70. The third kappa shape index (κ3) is 3.06. The average molecular weight is 199 g/mol. The van der Waals surface area contributed by atoms with Crippen LogP contribution in [-0.4, -0.2) is 29.5 Å². The largest absolute Gasteiger partial charge is 0.329 e.